The van der Waals surface area contributed by atoms with Gasteiger partial charge in [-0.15, -0.1) is 0 Å². The number of ether oxygens (including phenoxy) is 2. The van der Waals surface area contributed by atoms with Gasteiger partial charge in [0.1, 0.15) is 19.3 Å². The molecule has 0 radical (unpaired) electrons. The van der Waals surface area contributed by atoms with Crippen LogP contribution in [0.15, 0.2) is 0 Å². The van der Waals surface area contributed by atoms with Crippen LogP contribution in [0.2, 0.25) is 0 Å². The molecule has 38 heavy (non-hydrogen) atoms. The largest absolute Gasteiger partial charge is 0.463 e. The second-order valence-electron chi connectivity index (χ2n) is 11.5. The molecule has 0 aliphatic rings. The third-order valence-electron chi connectivity index (χ3n) is 7.63. The van der Waals surface area contributed by atoms with Crippen molar-refractivity contribution in [2.75, 3.05) is 13.2 Å². The standard InChI is InChI=1S/C33H64O5/c1-4-6-7-8-9-10-11-12-13-14-15-16-20-23-26-32(35)37-28-31(34)29-38-33(36)27-24-21-18-17-19-22-25-30(3)5-2/h30-31,34H,4-29H2,1-3H3/t30?,31-/m0/s1. The van der Waals surface area contributed by atoms with Crippen LogP contribution in [0, 0.1) is 5.92 Å². The first-order valence-corrected chi connectivity index (χ1v) is 16.5. The van der Waals surface area contributed by atoms with Crippen LogP contribution in [0.4, 0.5) is 0 Å². The molecule has 1 unspecified atom stereocenters. The van der Waals surface area contributed by atoms with Gasteiger partial charge in [-0.1, -0.05) is 149 Å². The number of hydrogen-bond acceptors (Lipinski definition) is 5. The normalized spacial score (nSPS) is 12.8. The Labute approximate surface area is 236 Å². The van der Waals surface area contributed by atoms with Crippen molar-refractivity contribution >= 4 is 11.9 Å². The van der Waals surface area contributed by atoms with E-state index in [0.29, 0.717) is 12.8 Å². The van der Waals surface area contributed by atoms with Gasteiger partial charge in [0.05, 0.1) is 0 Å². The second-order valence-corrected chi connectivity index (χ2v) is 11.5. The average molecular weight is 541 g/mol. The molecule has 0 aromatic heterocycles. The van der Waals surface area contributed by atoms with Crippen LogP contribution in [-0.2, 0) is 19.1 Å². The minimum absolute atomic E-state index is 0.110. The van der Waals surface area contributed by atoms with Gasteiger partial charge in [0.25, 0.3) is 0 Å². The minimum Gasteiger partial charge on any atom is -0.463 e. The van der Waals surface area contributed by atoms with Crippen molar-refractivity contribution in [1.82, 2.24) is 0 Å². The molecule has 0 spiro atoms. The van der Waals surface area contributed by atoms with Crippen LogP contribution in [0.25, 0.3) is 0 Å². The molecule has 0 aliphatic heterocycles. The number of rotatable bonds is 29. The molecule has 0 heterocycles. The van der Waals surface area contributed by atoms with Crippen molar-refractivity contribution < 1.29 is 24.2 Å². The minimum atomic E-state index is -0.954. The first-order valence-electron chi connectivity index (χ1n) is 16.5. The highest BCUT2D eigenvalue weighted by molar-refractivity contribution is 5.69. The van der Waals surface area contributed by atoms with E-state index >= 15 is 0 Å². The number of aliphatic hydroxyl groups is 1. The van der Waals surface area contributed by atoms with Gasteiger partial charge < -0.3 is 14.6 Å². The number of unbranched alkanes of at least 4 members (excludes halogenated alkanes) is 18. The van der Waals surface area contributed by atoms with Gasteiger partial charge in [0.2, 0.25) is 0 Å². The summed E-state index contributed by atoms with van der Waals surface area (Å²) in [6.07, 6.45) is 27.2. The average Bonchev–Trinajstić information content (AvgIpc) is 2.92. The maximum atomic E-state index is 11.9. The molecule has 0 aliphatic carbocycles. The molecule has 0 saturated carbocycles. The highest BCUT2D eigenvalue weighted by Crippen LogP contribution is 2.15. The van der Waals surface area contributed by atoms with Crippen LogP contribution in [0.3, 0.4) is 0 Å². The molecule has 0 amide bonds. The molecule has 0 saturated heterocycles. The topological polar surface area (TPSA) is 72.8 Å². The SMILES string of the molecule is CCCCCCCCCCCCCCCCC(=O)OC[C@H](O)COC(=O)CCCCCCCCC(C)CC. The van der Waals surface area contributed by atoms with E-state index in [2.05, 4.69) is 20.8 Å². The quantitative estimate of drug-likeness (QED) is 0.0755. The van der Waals surface area contributed by atoms with Gasteiger partial charge in [-0.3, -0.25) is 9.59 Å². The van der Waals surface area contributed by atoms with Crippen molar-refractivity contribution in [3.05, 3.63) is 0 Å². The van der Waals surface area contributed by atoms with Gasteiger partial charge in [0, 0.05) is 12.8 Å². The Morgan fingerprint density at radius 2 is 0.895 bits per heavy atom. The Kier molecular flexibility index (Phi) is 28.1. The molecule has 0 aromatic carbocycles. The van der Waals surface area contributed by atoms with E-state index in [-0.39, 0.29) is 25.2 Å². The lowest BCUT2D eigenvalue weighted by molar-refractivity contribution is -0.152. The summed E-state index contributed by atoms with van der Waals surface area (Å²) in [7, 11) is 0. The van der Waals surface area contributed by atoms with E-state index in [9.17, 15) is 14.7 Å². The predicted molar refractivity (Wildman–Crippen MR) is 159 cm³/mol. The van der Waals surface area contributed by atoms with Crippen molar-refractivity contribution in [1.29, 1.82) is 0 Å². The van der Waals surface area contributed by atoms with Crippen molar-refractivity contribution in [3.8, 4) is 0 Å². The molecule has 0 rings (SSSR count). The second kappa shape index (κ2) is 28.9. The number of hydrogen-bond donors (Lipinski definition) is 1. The fourth-order valence-electron chi connectivity index (χ4n) is 4.71. The van der Waals surface area contributed by atoms with Crippen molar-refractivity contribution in [2.24, 2.45) is 5.92 Å². The summed E-state index contributed by atoms with van der Waals surface area (Å²) in [5.41, 5.74) is 0. The summed E-state index contributed by atoms with van der Waals surface area (Å²) >= 11 is 0. The maximum absolute atomic E-state index is 11.9. The Bertz CT molecular complexity index is 522. The first-order chi connectivity index (χ1) is 18.5. The number of esters is 2. The van der Waals surface area contributed by atoms with Gasteiger partial charge in [-0.25, -0.2) is 0 Å². The van der Waals surface area contributed by atoms with Crippen LogP contribution < -0.4 is 0 Å². The van der Waals surface area contributed by atoms with E-state index in [0.717, 1.165) is 38.0 Å². The molecule has 5 nitrogen and oxygen atoms in total. The number of aliphatic hydroxyl groups excluding tert-OH is 1. The maximum Gasteiger partial charge on any atom is 0.305 e. The molecular formula is C33H64O5. The van der Waals surface area contributed by atoms with Gasteiger partial charge in [-0.05, 0) is 18.8 Å². The van der Waals surface area contributed by atoms with Crippen LogP contribution in [-0.4, -0.2) is 36.4 Å². The van der Waals surface area contributed by atoms with Crippen LogP contribution in [0.5, 0.6) is 0 Å². The molecular weight excluding hydrogens is 476 g/mol. The van der Waals surface area contributed by atoms with E-state index in [1.807, 2.05) is 0 Å². The Morgan fingerprint density at radius 3 is 1.26 bits per heavy atom. The predicted octanol–water partition coefficient (Wildman–Crippen LogP) is 9.47. The molecule has 1 N–H and O–H groups in total. The summed E-state index contributed by atoms with van der Waals surface area (Å²) in [6, 6.07) is 0. The van der Waals surface area contributed by atoms with Crippen LogP contribution in [0.1, 0.15) is 175 Å². The zero-order chi connectivity index (χ0) is 28.1. The van der Waals surface area contributed by atoms with E-state index in [4.69, 9.17) is 9.47 Å². The number of carbonyl (C=O) groups excluding carboxylic acids is 2. The molecule has 0 bridgehead atoms. The van der Waals surface area contributed by atoms with Gasteiger partial charge >= 0.3 is 11.9 Å². The Hall–Kier alpha value is -1.10. The third-order valence-corrected chi connectivity index (χ3v) is 7.63. The van der Waals surface area contributed by atoms with E-state index in [1.54, 1.807) is 0 Å². The van der Waals surface area contributed by atoms with Crippen molar-refractivity contribution in [2.45, 2.75) is 181 Å². The number of carbonyl (C=O) groups is 2. The molecule has 2 atom stereocenters. The summed E-state index contributed by atoms with van der Waals surface area (Å²) in [5.74, 6) is 0.269. The zero-order valence-corrected chi connectivity index (χ0v) is 25.6. The summed E-state index contributed by atoms with van der Waals surface area (Å²) in [4.78, 5) is 23.7. The summed E-state index contributed by atoms with van der Waals surface area (Å²) < 4.78 is 10.3. The lowest BCUT2D eigenvalue weighted by atomic mass is 10.00. The first kappa shape index (κ1) is 36.9. The fraction of sp³-hybridized carbons (Fsp3) is 0.939. The molecule has 0 fully saturated rings. The lowest BCUT2D eigenvalue weighted by Gasteiger charge is -2.12. The zero-order valence-electron chi connectivity index (χ0n) is 25.6. The molecule has 0 aromatic rings. The third kappa shape index (κ3) is 27.9. The van der Waals surface area contributed by atoms with Gasteiger partial charge in [0.15, 0.2) is 0 Å². The lowest BCUT2D eigenvalue weighted by Crippen LogP contribution is -2.25. The fourth-order valence-corrected chi connectivity index (χ4v) is 4.71. The summed E-state index contributed by atoms with van der Waals surface area (Å²) in [6.45, 7) is 6.60. The van der Waals surface area contributed by atoms with E-state index in [1.165, 1.54) is 109 Å². The monoisotopic (exact) mass is 540 g/mol. The Morgan fingerprint density at radius 1 is 0.553 bits per heavy atom. The highest BCUT2D eigenvalue weighted by Gasteiger charge is 2.12. The molecule has 5 heteroatoms. The smallest absolute Gasteiger partial charge is 0.305 e. The Balaban J connectivity index is 3.42. The highest BCUT2D eigenvalue weighted by atomic mass is 16.6. The summed E-state index contributed by atoms with van der Waals surface area (Å²) in [5, 5.41) is 9.94. The molecule has 226 valence electrons. The van der Waals surface area contributed by atoms with Crippen molar-refractivity contribution in [3.63, 3.8) is 0 Å². The van der Waals surface area contributed by atoms with E-state index < -0.39 is 6.10 Å². The van der Waals surface area contributed by atoms with Gasteiger partial charge in [-0.2, -0.15) is 0 Å². The van der Waals surface area contributed by atoms with Crippen LogP contribution >= 0.6 is 0 Å².